The van der Waals surface area contributed by atoms with Crippen LogP contribution in [0.5, 0.6) is 0 Å². The standard InChI is InChI=1S/C8H15N3O2S/c1-10(2)14(12,13)11-6-4-3-5-8(11)7-9/h8H,3-6H2,1-2H3. The Balaban J connectivity index is 2.90. The van der Waals surface area contributed by atoms with E-state index in [1.54, 1.807) is 0 Å². The van der Waals surface area contributed by atoms with Crippen molar-refractivity contribution in [2.24, 2.45) is 0 Å². The Bertz CT molecular complexity index is 331. The molecule has 0 N–H and O–H groups in total. The monoisotopic (exact) mass is 217 g/mol. The van der Waals surface area contributed by atoms with Crippen LogP contribution in [0.2, 0.25) is 0 Å². The largest absolute Gasteiger partial charge is 0.282 e. The van der Waals surface area contributed by atoms with E-state index < -0.39 is 16.3 Å². The van der Waals surface area contributed by atoms with Gasteiger partial charge in [-0.05, 0) is 19.3 Å². The number of hydrogen-bond donors (Lipinski definition) is 0. The van der Waals surface area contributed by atoms with E-state index in [0.29, 0.717) is 13.0 Å². The van der Waals surface area contributed by atoms with Crippen LogP contribution in [0, 0.1) is 11.3 Å². The molecule has 1 heterocycles. The van der Waals surface area contributed by atoms with Crippen LogP contribution < -0.4 is 0 Å². The highest BCUT2D eigenvalue weighted by molar-refractivity contribution is 7.86. The van der Waals surface area contributed by atoms with Gasteiger partial charge in [-0.25, -0.2) is 0 Å². The van der Waals surface area contributed by atoms with E-state index in [1.165, 1.54) is 18.4 Å². The fraction of sp³-hybridized carbons (Fsp3) is 0.875. The minimum atomic E-state index is -3.42. The highest BCUT2D eigenvalue weighted by Crippen LogP contribution is 2.20. The Hall–Kier alpha value is -0.640. The molecule has 0 aromatic heterocycles. The van der Waals surface area contributed by atoms with E-state index in [2.05, 4.69) is 0 Å². The van der Waals surface area contributed by atoms with Gasteiger partial charge in [0.15, 0.2) is 0 Å². The molecule has 80 valence electrons. The number of nitrogens with zero attached hydrogens (tertiary/aromatic N) is 3. The van der Waals surface area contributed by atoms with Gasteiger partial charge in [-0.15, -0.1) is 0 Å². The molecule has 1 rings (SSSR count). The van der Waals surface area contributed by atoms with Gasteiger partial charge in [0.05, 0.1) is 6.07 Å². The lowest BCUT2D eigenvalue weighted by molar-refractivity contribution is 0.280. The molecule has 1 aliphatic heterocycles. The van der Waals surface area contributed by atoms with Crippen LogP contribution in [0.1, 0.15) is 19.3 Å². The fourth-order valence-corrected chi connectivity index (χ4v) is 2.77. The normalized spacial score (nSPS) is 24.9. The predicted octanol–water partition coefficient (Wildman–Crippen LogP) is 0.171. The lowest BCUT2D eigenvalue weighted by atomic mass is 10.1. The summed E-state index contributed by atoms with van der Waals surface area (Å²) in [6, 6.07) is 1.55. The summed E-state index contributed by atoms with van der Waals surface area (Å²) >= 11 is 0. The van der Waals surface area contributed by atoms with Gasteiger partial charge in [0.1, 0.15) is 6.04 Å². The van der Waals surface area contributed by atoms with Crippen LogP contribution in [-0.4, -0.2) is 43.7 Å². The van der Waals surface area contributed by atoms with Crippen LogP contribution in [-0.2, 0) is 10.2 Å². The Morgan fingerprint density at radius 3 is 2.57 bits per heavy atom. The van der Waals surface area contributed by atoms with Crippen molar-refractivity contribution in [1.29, 1.82) is 5.26 Å². The zero-order chi connectivity index (χ0) is 10.8. The molecular weight excluding hydrogens is 202 g/mol. The van der Waals surface area contributed by atoms with E-state index in [0.717, 1.165) is 17.1 Å². The Morgan fingerprint density at radius 2 is 2.07 bits per heavy atom. The molecule has 14 heavy (non-hydrogen) atoms. The van der Waals surface area contributed by atoms with Gasteiger partial charge in [0.2, 0.25) is 0 Å². The van der Waals surface area contributed by atoms with E-state index >= 15 is 0 Å². The van der Waals surface area contributed by atoms with Crippen molar-refractivity contribution < 1.29 is 8.42 Å². The third-order valence-corrected chi connectivity index (χ3v) is 4.31. The molecule has 1 saturated heterocycles. The molecule has 0 bridgehead atoms. The zero-order valence-electron chi connectivity index (χ0n) is 8.47. The van der Waals surface area contributed by atoms with Gasteiger partial charge in [0, 0.05) is 20.6 Å². The maximum Gasteiger partial charge on any atom is 0.282 e. The summed E-state index contributed by atoms with van der Waals surface area (Å²) in [5, 5.41) is 8.83. The lowest BCUT2D eigenvalue weighted by Gasteiger charge is -2.32. The summed E-state index contributed by atoms with van der Waals surface area (Å²) < 4.78 is 26.0. The van der Waals surface area contributed by atoms with Gasteiger partial charge in [0.25, 0.3) is 10.2 Å². The smallest absolute Gasteiger partial charge is 0.197 e. The molecule has 6 heteroatoms. The lowest BCUT2D eigenvalue weighted by Crippen LogP contribution is -2.47. The average molecular weight is 217 g/mol. The third-order valence-electron chi connectivity index (χ3n) is 2.36. The fourth-order valence-electron chi connectivity index (χ4n) is 1.52. The molecule has 1 unspecified atom stereocenters. The Labute approximate surface area is 85.1 Å². The van der Waals surface area contributed by atoms with Crippen LogP contribution in [0.15, 0.2) is 0 Å². The van der Waals surface area contributed by atoms with Gasteiger partial charge >= 0.3 is 0 Å². The maximum atomic E-state index is 11.8. The first-order valence-corrected chi connectivity index (χ1v) is 5.98. The summed E-state index contributed by atoms with van der Waals surface area (Å²) in [4.78, 5) is 0. The average Bonchev–Trinajstić information content (AvgIpc) is 2.17. The van der Waals surface area contributed by atoms with Crippen molar-refractivity contribution >= 4 is 10.2 Å². The second-order valence-corrected chi connectivity index (χ2v) is 5.64. The second-order valence-electron chi connectivity index (χ2n) is 3.54. The SMILES string of the molecule is CN(C)S(=O)(=O)N1CCCCC1C#N. The summed E-state index contributed by atoms with van der Waals surface area (Å²) in [7, 11) is -0.448. The van der Waals surface area contributed by atoms with Crippen molar-refractivity contribution in [2.75, 3.05) is 20.6 Å². The van der Waals surface area contributed by atoms with Crippen LogP contribution in [0.3, 0.4) is 0 Å². The molecule has 1 atom stereocenters. The number of nitriles is 1. The van der Waals surface area contributed by atoms with Crippen molar-refractivity contribution in [1.82, 2.24) is 8.61 Å². The Kier molecular flexibility index (Phi) is 3.48. The first-order valence-electron chi connectivity index (χ1n) is 4.59. The van der Waals surface area contributed by atoms with E-state index in [-0.39, 0.29) is 0 Å². The Morgan fingerprint density at radius 1 is 1.43 bits per heavy atom. The first kappa shape index (κ1) is 11.4. The molecule has 1 aliphatic rings. The predicted molar refractivity (Wildman–Crippen MR) is 52.6 cm³/mol. The van der Waals surface area contributed by atoms with Crippen molar-refractivity contribution in [3.63, 3.8) is 0 Å². The van der Waals surface area contributed by atoms with E-state index in [9.17, 15) is 8.42 Å². The molecule has 0 spiro atoms. The maximum absolute atomic E-state index is 11.8. The molecule has 0 aromatic rings. The van der Waals surface area contributed by atoms with Crippen molar-refractivity contribution in [2.45, 2.75) is 25.3 Å². The molecular formula is C8H15N3O2S. The quantitative estimate of drug-likeness (QED) is 0.662. The number of rotatable bonds is 2. The summed E-state index contributed by atoms with van der Waals surface area (Å²) in [5.74, 6) is 0. The van der Waals surface area contributed by atoms with Crippen LogP contribution >= 0.6 is 0 Å². The molecule has 0 amide bonds. The summed E-state index contributed by atoms with van der Waals surface area (Å²) in [5.41, 5.74) is 0. The van der Waals surface area contributed by atoms with E-state index in [4.69, 9.17) is 5.26 Å². The van der Waals surface area contributed by atoms with Crippen LogP contribution in [0.25, 0.3) is 0 Å². The van der Waals surface area contributed by atoms with Crippen molar-refractivity contribution in [3.8, 4) is 6.07 Å². The van der Waals surface area contributed by atoms with E-state index in [1.807, 2.05) is 6.07 Å². The van der Waals surface area contributed by atoms with Gasteiger partial charge in [-0.3, -0.25) is 0 Å². The minimum absolute atomic E-state index is 0.457. The van der Waals surface area contributed by atoms with Gasteiger partial charge < -0.3 is 0 Å². The molecule has 0 aliphatic carbocycles. The molecule has 0 saturated carbocycles. The van der Waals surface area contributed by atoms with Gasteiger partial charge in [-0.1, -0.05) is 0 Å². The topological polar surface area (TPSA) is 64.4 Å². The number of hydrogen-bond acceptors (Lipinski definition) is 3. The zero-order valence-corrected chi connectivity index (χ0v) is 9.29. The molecule has 1 fully saturated rings. The summed E-state index contributed by atoms with van der Waals surface area (Å²) in [6.45, 7) is 0.457. The van der Waals surface area contributed by atoms with Crippen molar-refractivity contribution in [3.05, 3.63) is 0 Å². The van der Waals surface area contributed by atoms with Crippen LogP contribution in [0.4, 0.5) is 0 Å². The first-order chi connectivity index (χ1) is 6.50. The summed E-state index contributed by atoms with van der Waals surface area (Å²) in [6.07, 6.45) is 2.41. The highest BCUT2D eigenvalue weighted by atomic mass is 32.2. The molecule has 0 radical (unpaired) electrons. The minimum Gasteiger partial charge on any atom is -0.197 e. The highest BCUT2D eigenvalue weighted by Gasteiger charge is 2.33. The molecule has 5 nitrogen and oxygen atoms in total. The number of piperidine rings is 1. The van der Waals surface area contributed by atoms with Gasteiger partial charge in [-0.2, -0.15) is 22.3 Å². The second kappa shape index (κ2) is 4.26. The third kappa shape index (κ3) is 2.05. The molecule has 0 aromatic carbocycles.